The minimum absolute atomic E-state index is 0.135. The summed E-state index contributed by atoms with van der Waals surface area (Å²) >= 11 is 0. The van der Waals surface area contributed by atoms with Crippen molar-refractivity contribution in [1.29, 1.82) is 0 Å². The number of hydrogen-bond acceptors (Lipinski definition) is 3. The molecule has 0 aliphatic carbocycles. The Morgan fingerprint density at radius 1 is 1.11 bits per heavy atom. The van der Waals surface area contributed by atoms with Crippen LogP contribution in [0.2, 0.25) is 0 Å². The molecule has 0 aliphatic rings. The molecule has 2 rings (SSSR count). The highest BCUT2D eigenvalue weighted by Gasteiger charge is 2.29. The summed E-state index contributed by atoms with van der Waals surface area (Å²) in [5.41, 5.74) is 3.07. The summed E-state index contributed by atoms with van der Waals surface area (Å²) in [5, 5.41) is 12.0. The molecule has 28 heavy (non-hydrogen) atoms. The number of benzene rings is 2. The molecule has 0 bridgehead atoms. The molecule has 0 saturated heterocycles. The number of carbonyl (C=O) groups is 2. The molecule has 0 fully saturated rings. The molecule has 5 heteroatoms. The zero-order chi connectivity index (χ0) is 20.7. The quantitative estimate of drug-likeness (QED) is 0.680. The minimum atomic E-state index is -1.28. The van der Waals surface area contributed by atoms with Gasteiger partial charge in [0.05, 0.1) is 0 Å². The van der Waals surface area contributed by atoms with Gasteiger partial charge in [-0.1, -0.05) is 35.9 Å². The number of amides is 1. The first-order valence-corrected chi connectivity index (χ1v) is 9.22. The van der Waals surface area contributed by atoms with E-state index in [0.717, 1.165) is 22.3 Å². The van der Waals surface area contributed by atoms with Crippen molar-refractivity contribution in [3.63, 3.8) is 0 Å². The summed E-state index contributed by atoms with van der Waals surface area (Å²) in [7, 11) is 0. The van der Waals surface area contributed by atoms with Gasteiger partial charge in [0.15, 0.2) is 5.60 Å². The van der Waals surface area contributed by atoms with Crippen LogP contribution in [-0.4, -0.2) is 29.1 Å². The van der Waals surface area contributed by atoms with Gasteiger partial charge in [0, 0.05) is 12.6 Å². The number of carboxylic acid groups (broad SMARTS) is 1. The average molecular weight is 381 g/mol. The van der Waals surface area contributed by atoms with Crippen molar-refractivity contribution in [3.8, 4) is 5.75 Å². The summed E-state index contributed by atoms with van der Waals surface area (Å²) in [6.45, 7) is 7.56. The standard InChI is InChI=1S/C23H27NO4/c1-16-5-6-17(2)19(15-16)9-12-21(25)24-14-13-18-7-10-20(11-8-18)28-23(3,4)22(26)27/h5-12,15H,13-14H2,1-4H3,(H,24,25)(H,26,27). The summed E-state index contributed by atoms with van der Waals surface area (Å²) in [4.78, 5) is 23.1. The number of aliphatic carboxylic acids is 1. The van der Waals surface area contributed by atoms with Crippen LogP contribution in [0.3, 0.4) is 0 Å². The van der Waals surface area contributed by atoms with E-state index in [9.17, 15) is 9.59 Å². The molecule has 148 valence electrons. The summed E-state index contributed by atoms with van der Waals surface area (Å²) in [6, 6.07) is 13.3. The molecule has 2 N–H and O–H groups in total. The molecular weight excluding hydrogens is 354 g/mol. The van der Waals surface area contributed by atoms with Gasteiger partial charge in [0.1, 0.15) is 5.75 Å². The Hall–Kier alpha value is -3.08. The van der Waals surface area contributed by atoms with Crippen molar-refractivity contribution < 1.29 is 19.4 Å². The van der Waals surface area contributed by atoms with Crippen molar-refractivity contribution in [3.05, 3.63) is 70.8 Å². The fourth-order valence-corrected chi connectivity index (χ4v) is 2.56. The van der Waals surface area contributed by atoms with Gasteiger partial charge in [-0.2, -0.15) is 0 Å². The van der Waals surface area contributed by atoms with Gasteiger partial charge in [0.25, 0.3) is 0 Å². The molecule has 0 radical (unpaired) electrons. The van der Waals surface area contributed by atoms with E-state index in [1.54, 1.807) is 18.2 Å². The molecule has 0 heterocycles. The van der Waals surface area contributed by atoms with Crippen LogP contribution in [0.5, 0.6) is 5.75 Å². The van der Waals surface area contributed by atoms with E-state index in [1.807, 2.05) is 50.3 Å². The van der Waals surface area contributed by atoms with Crippen LogP contribution in [-0.2, 0) is 16.0 Å². The SMILES string of the molecule is Cc1ccc(C)c(C=CC(=O)NCCc2ccc(OC(C)(C)C(=O)O)cc2)c1. The highest BCUT2D eigenvalue weighted by molar-refractivity contribution is 5.91. The number of rotatable bonds is 8. The molecule has 1 amide bonds. The zero-order valence-electron chi connectivity index (χ0n) is 16.8. The lowest BCUT2D eigenvalue weighted by atomic mass is 10.1. The van der Waals surface area contributed by atoms with Crippen LogP contribution >= 0.6 is 0 Å². The molecule has 2 aromatic carbocycles. The normalized spacial score (nSPS) is 11.4. The van der Waals surface area contributed by atoms with Crippen LogP contribution in [0.15, 0.2) is 48.5 Å². The van der Waals surface area contributed by atoms with Crippen LogP contribution in [0.25, 0.3) is 6.08 Å². The molecule has 0 spiro atoms. The van der Waals surface area contributed by atoms with Crippen molar-refractivity contribution in [2.24, 2.45) is 0 Å². The number of nitrogens with one attached hydrogen (secondary N) is 1. The van der Waals surface area contributed by atoms with E-state index in [2.05, 4.69) is 5.32 Å². The predicted molar refractivity (Wildman–Crippen MR) is 110 cm³/mol. The largest absolute Gasteiger partial charge is 0.478 e. The van der Waals surface area contributed by atoms with Crippen molar-refractivity contribution in [2.45, 2.75) is 39.7 Å². The molecule has 5 nitrogen and oxygen atoms in total. The molecule has 0 atom stereocenters. The third-order valence-electron chi connectivity index (χ3n) is 4.37. The second-order valence-electron chi connectivity index (χ2n) is 7.30. The molecule has 0 unspecified atom stereocenters. The van der Waals surface area contributed by atoms with Gasteiger partial charge in [0.2, 0.25) is 5.91 Å². The van der Waals surface area contributed by atoms with E-state index in [1.165, 1.54) is 13.8 Å². The third-order valence-corrected chi connectivity index (χ3v) is 4.37. The maximum Gasteiger partial charge on any atom is 0.347 e. The number of carbonyl (C=O) groups excluding carboxylic acids is 1. The van der Waals surface area contributed by atoms with Crippen LogP contribution in [0.1, 0.15) is 36.1 Å². The third kappa shape index (κ3) is 6.27. The van der Waals surface area contributed by atoms with E-state index in [0.29, 0.717) is 18.7 Å². The van der Waals surface area contributed by atoms with Gasteiger partial charge in [-0.3, -0.25) is 4.79 Å². The Bertz CT molecular complexity index is 867. The Balaban J connectivity index is 1.83. The molecule has 2 aromatic rings. The van der Waals surface area contributed by atoms with Crippen LogP contribution in [0, 0.1) is 13.8 Å². The lowest BCUT2D eigenvalue weighted by Crippen LogP contribution is -2.37. The maximum atomic E-state index is 12.0. The van der Waals surface area contributed by atoms with Gasteiger partial charge >= 0.3 is 5.97 Å². The number of carboxylic acids is 1. The first-order valence-electron chi connectivity index (χ1n) is 9.22. The van der Waals surface area contributed by atoms with E-state index in [-0.39, 0.29) is 5.91 Å². The first-order chi connectivity index (χ1) is 13.2. The van der Waals surface area contributed by atoms with Crippen LogP contribution < -0.4 is 10.1 Å². The minimum Gasteiger partial charge on any atom is -0.478 e. The topological polar surface area (TPSA) is 75.6 Å². The van der Waals surface area contributed by atoms with E-state index < -0.39 is 11.6 Å². The van der Waals surface area contributed by atoms with Gasteiger partial charge in [-0.05, 0) is 69.0 Å². The number of aryl methyl sites for hydroxylation is 2. The van der Waals surface area contributed by atoms with Gasteiger partial charge < -0.3 is 15.2 Å². The summed E-state index contributed by atoms with van der Waals surface area (Å²) in [6.07, 6.45) is 4.05. The van der Waals surface area contributed by atoms with E-state index in [4.69, 9.17) is 9.84 Å². The lowest BCUT2D eigenvalue weighted by Gasteiger charge is -2.21. The number of ether oxygens (including phenoxy) is 1. The second kappa shape index (κ2) is 9.22. The van der Waals surface area contributed by atoms with E-state index >= 15 is 0 Å². The first kappa shape index (κ1) is 21.2. The van der Waals surface area contributed by atoms with Crippen molar-refractivity contribution >= 4 is 18.0 Å². The Labute approximate surface area is 166 Å². The fraction of sp³-hybridized carbons (Fsp3) is 0.304. The van der Waals surface area contributed by atoms with Crippen LogP contribution in [0.4, 0.5) is 0 Å². The highest BCUT2D eigenvalue weighted by Crippen LogP contribution is 2.19. The predicted octanol–water partition coefficient (Wildman–Crippen LogP) is 3.92. The highest BCUT2D eigenvalue weighted by atomic mass is 16.5. The molecule has 0 aromatic heterocycles. The Morgan fingerprint density at radius 3 is 2.43 bits per heavy atom. The fourth-order valence-electron chi connectivity index (χ4n) is 2.56. The Morgan fingerprint density at radius 2 is 1.79 bits per heavy atom. The lowest BCUT2D eigenvalue weighted by molar-refractivity contribution is -0.152. The smallest absolute Gasteiger partial charge is 0.347 e. The monoisotopic (exact) mass is 381 g/mol. The summed E-state index contributed by atoms with van der Waals surface area (Å²) < 4.78 is 5.47. The summed E-state index contributed by atoms with van der Waals surface area (Å²) in [5.74, 6) is -0.658. The van der Waals surface area contributed by atoms with Gasteiger partial charge in [-0.15, -0.1) is 0 Å². The van der Waals surface area contributed by atoms with Crippen molar-refractivity contribution in [2.75, 3.05) is 6.54 Å². The second-order valence-corrected chi connectivity index (χ2v) is 7.30. The molecule has 0 saturated carbocycles. The van der Waals surface area contributed by atoms with Crippen molar-refractivity contribution in [1.82, 2.24) is 5.32 Å². The zero-order valence-corrected chi connectivity index (χ0v) is 16.8. The molecule has 0 aliphatic heterocycles. The average Bonchev–Trinajstić information content (AvgIpc) is 2.63. The number of hydrogen-bond donors (Lipinski definition) is 2. The maximum absolute atomic E-state index is 12.0. The Kier molecular flexibility index (Phi) is 6.99. The molecular formula is C23H27NO4. The van der Waals surface area contributed by atoms with Gasteiger partial charge in [-0.25, -0.2) is 4.79 Å².